The number of ether oxygens (including phenoxy) is 4. The molecule has 228 valence electrons. The van der Waals surface area contributed by atoms with Gasteiger partial charge in [-0.15, -0.1) is 0 Å². The second kappa shape index (κ2) is 11.9. The van der Waals surface area contributed by atoms with Gasteiger partial charge in [0.2, 0.25) is 0 Å². The average Bonchev–Trinajstić information content (AvgIpc) is 3.56. The Balaban J connectivity index is 1.19. The van der Waals surface area contributed by atoms with Crippen LogP contribution in [0.3, 0.4) is 0 Å². The zero-order chi connectivity index (χ0) is 30.3. The zero-order valence-electron chi connectivity index (χ0n) is 25.4. The van der Waals surface area contributed by atoms with Gasteiger partial charge < -0.3 is 18.9 Å². The lowest BCUT2D eigenvalue weighted by Gasteiger charge is -2.23. The molecule has 6 rings (SSSR count). The highest BCUT2D eigenvalue weighted by Crippen LogP contribution is 2.45. The number of fused-ring (bicyclic) bond motifs is 2. The Labute approximate surface area is 254 Å². The van der Waals surface area contributed by atoms with Crippen molar-refractivity contribution in [1.82, 2.24) is 0 Å². The second-order valence-electron chi connectivity index (χ2n) is 12.3. The number of esters is 1. The molecule has 0 bridgehead atoms. The second-order valence-corrected chi connectivity index (χ2v) is 14.6. The molecule has 0 aromatic heterocycles. The van der Waals surface area contributed by atoms with Gasteiger partial charge in [-0.3, -0.25) is 4.79 Å². The van der Waals surface area contributed by atoms with E-state index in [0.29, 0.717) is 32.5 Å². The van der Waals surface area contributed by atoms with E-state index < -0.39 is 9.84 Å². The van der Waals surface area contributed by atoms with Gasteiger partial charge in [-0.05, 0) is 110 Å². The van der Waals surface area contributed by atoms with E-state index in [4.69, 9.17) is 18.9 Å². The Morgan fingerprint density at radius 2 is 1.60 bits per heavy atom. The highest BCUT2D eigenvalue weighted by atomic mass is 32.2. The maximum atomic E-state index is 11.8. The Kier molecular flexibility index (Phi) is 8.16. The van der Waals surface area contributed by atoms with Gasteiger partial charge in [-0.25, -0.2) is 8.42 Å². The van der Waals surface area contributed by atoms with Crippen molar-refractivity contribution in [3.8, 4) is 28.4 Å². The van der Waals surface area contributed by atoms with Crippen LogP contribution in [0.1, 0.15) is 71.1 Å². The highest BCUT2D eigenvalue weighted by molar-refractivity contribution is 7.91. The molecule has 2 heterocycles. The molecule has 1 saturated heterocycles. The highest BCUT2D eigenvalue weighted by Gasteiger charge is 2.31. The fourth-order valence-electron chi connectivity index (χ4n) is 6.92. The molecule has 0 spiro atoms. The van der Waals surface area contributed by atoms with Gasteiger partial charge in [0.05, 0.1) is 38.3 Å². The summed E-state index contributed by atoms with van der Waals surface area (Å²) >= 11 is 0. The quantitative estimate of drug-likeness (QED) is 0.268. The number of carbonyl (C=O) groups excluding carboxylic acids is 1. The number of methoxy groups -OCH3 is 1. The van der Waals surface area contributed by atoms with Crippen molar-refractivity contribution in [1.29, 1.82) is 0 Å². The van der Waals surface area contributed by atoms with E-state index in [1.807, 2.05) is 18.2 Å². The summed E-state index contributed by atoms with van der Waals surface area (Å²) in [6.45, 7) is 7.47. The molecule has 1 unspecified atom stereocenters. The third-order valence-electron chi connectivity index (χ3n) is 9.26. The largest absolute Gasteiger partial charge is 0.493 e. The molecule has 1 aliphatic carbocycles. The monoisotopic (exact) mass is 604 g/mol. The molecule has 3 aliphatic rings. The number of hydrogen-bond donors (Lipinski definition) is 0. The van der Waals surface area contributed by atoms with E-state index in [0.717, 1.165) is 35.7 Å². The van der Waals surface area contributed by atoms with Gasteiger partial charge in [0.15, 0.2) is 0 Å². The van der Waals surface area contributed by atoms with Crippen LogP contribution in [0.5, 0.6) is 17.2 Å². The lowest BCUT2D eigenvalue weighted by Crippen LogP contribution is -2.26. The maximum Gasteiger partial charge on any atom is 0.306 e. The van der Waals surface area contributed by atoms with Gasteiger partial charge in [-0.2, -0.15) is 0 Å². The summed E-state index contributed by atoms with van der Waals surface area (Å²) in [5, 5.41) is 0. The Hall–Kier alpha value is -3.52. The van der Waals surface area contributed by atoms with E-state index in [-0.39, 0.29) is 35.4 Å². The first-order chi connectivity index (χ1) is 20.6. The first-order valence-corrected chi connectivity index (χ1v) is 17.0. The molecule has 8 heteroatoms. The van der Waals surface area contributed by atoms with Crippen LogP contribution in [-0.2, 0) is 25.8 Å². The number of aryl methyl sites for hydroxylation is 3. The first-order valence-electron chi connectivity index (χ1n) is 15.2. The normalized spacial score (nSPS) is 20.7. The van der Waals surface area contributed by atoms with Crippen LogP contribution < -0.4 is 14.2 Å². The van der Waals surface area contributed by atoms with E-state index in [1.54, 1.807) is 0 Å². The zero-order valence-corrected chi connectivity index (χ0v) is 26.2. The fraction of sp³-hybridized carbons (Fsp3) is 0.457. The van der Waals surface area contributed by atoms with Crippen molar-refractivity contribution in [2.75, 3.05) is 31.8 Å². The van der Waals surface area contributed by atoms with Gasteiger partial charge >= 0.3 is 5.97 Å². The first kappa shape index (κ1) is 29.5. The number of benzene rings is 3. The maximum absolute atomic E-state index is 11.8. The molecular formula is C35H40O7S. The Bertz CT molecular complexity index is 1620. The summed E-state index contributed by atoms with van der Waals surface area (Å²) in [4.78, 5) is 11.8. The minimum Gasteiger partial charge on any atom is -0.493 e. The minimum absolute atomic E-state index is 0.00332. The average molecular weight is 605 g/mol. The van der Waals surface area contributed by atoms with Crippen LogP contribution in [-0.4, -0.2) is 46.2 Å². The summed E-state index contributed by atoms with van der Waals surface area (Å²) in [6, 6.07) is 14.6. The third kappa shape index (κ3) is 6.12. The molecule has 2 aliphatic heterocycles. The predicted octanol–water partition coefficient (Wildman–Crippen LogP) is 6.59. The van der Waals surface area contributed by atoms with Crippen molar-refractivity contribution in [2.24, 2.45) is 5.92 Å². The van der Waals surface area contributed by atoms with Crippen molar-refractivity contribution < 1.29 is 32.2 Å². The number of hydrogen-bond acceptors (Lipinski definition) is 7. The standard InChI is InChI=1S/C35H40O7S/c1-21-5-7-29-30(9-10-31(29)42-26-6-8-28-25(17-33(36)39-4)20-41-32(28)18-26)35(21)34-22(2)15-27(16-23(34)3)40-19-24-11-13-43(37,38)14-12-24/h5-8,15-16,18,24-25,31H,9-14,17,19-20H2,1-4H3/t25-,31?/m1/s1. The molecule has 3 aromatic rings. The molecule has 0 N–H and O–H groups in total. The van der Waals surface area contributed by atoms with Crippen LogP contribution >= 0.6 is 0 Å². The van der Waals surface area contributed by atoms with Crippen LogP contribution in [0.15, 0.2) is 42.5 Å². The molecule has 43 heavy (non-hydrogen) atoms. The van der Waals surface area contributed by atoms with Crippen LogP contribution in [0.2, 0.25) is 0 Å². The minimum atomic E-state index is -2.87. The summed E-state index contributed by atoms with van der Waals surface area (Å²) in [5.41, 5.74) is 9.68. The van der Waals surface area contributed by atoms with Crippen molar-refractivity contribution in [2.45, 2.75) is 64.9 Å². The molecule has 0 saturated carbocycles. The van der Waals surface area contributed by atoms with E-state index in [1.165, 1.54) is 46.1 Å². The topological polar surface area (TPSA) is 88.1 Å². The molecule has 0 amide bonds. The molecule has 7 nitrogen and oxygen atoms in total. The Morgan fingerprint density at radius 3 is 2.33 bits per heavy atom. The predicted molar refractivity (Wildman–Crippen MR) is 166 cm³/mol. The van der Waals surface area contributed by atoms with Crippen LogP contribution in [0.25, 0.3) is 11.1 Å². The molecule has 2 atom stereocenters. The van der Waals surface area contributed by atoms with Crippen molar-refractivity contribution in [3.05, 3.63) is 75.8 Å². The third-order valence-corrected chi connectivity index (χ3v) is 11.0. The summed E-state index contributed by atoms with van der Waals surface area (Å²) in [5.74, 6) is 2.95. The molecular weight excluding hydrogens is 564 g/mol. The lowest BCUT2D eigenvalue weighted by atomic mass is 9.87. The number of rotatable bonds is 8. The van der Waals surface area contributed by atoms with E-state index >= 15 is 0 Å². The summed E-state index contributed by atoms with van der Waals surface area (Å²) in [6.07, 6.45) is 3.42. The van der Waals surface area contributed by atoms with E-state index in [9.17, 15) is 13.2 Å². The molecule has 3 aromatic carbocycles. The molecule has 0 radical (unpaired) electrons. The Morgan fingerprint density at radius 1 is 0.884 bits per heavy atom. The van der Waals surface area contributed by atoms with Crippen LogP contribution in [0, 0.1) is 26.7 Å². The SMILES string of the molecule is COC(=O)C[C@@H]1COc2cc(OC3CCc4c3ccc(C)c4-c3c(C)cc(OCC4CCS(=O)(=O)CC4)cc3C)ccc21. The van der Waals surface area contributed by atoms with Gasteiger partial charge in [0.1, 0.15) is 33.2 Å². The fourth-order valence-corrected chi connectivity index (χ4v) is 8.51. The number of carbonyl (C=O) groups is 1. The number of sulfone groups is 1. The van der Waals surface area contributed by atoms with Gasteiger partial charge in [-0.1, -0.05) is 18.2 Å². The van der Waals surface area contributed by atoms with E-state index in [2.05, 4.69) is 45.0 Å². The summed E-state index contributed by atoms with van der Waals surface area (Å²) in [7, 11) is -1.46. The van der Waals surface area contributed by atoms with Crippen molar-refractivity contribution in [3.63, 3.8) is 0 Å². The lowest BCUT2D eigenvalue weighted by molar-refractivity contribution is -0.141. The summed E-state index contributed by atoms with van der Waals surface area (Å²) < 4.78 is 47.0. The van der Waals surface area contributed by atoms with Gasteiger partial charge in [0.25, 0.3) is 0 Å². The molecule has 1 fully saturated rings. The van der Waals surface area contributed by atoms with Gasteiger partial charge in [0, 0.05) is 17.5 Å². The van der Waals surface area contributed by atoms with Crippen molar-refractivity contribution >= 4 is 15.8 Å². The smallest absolute Gasteiger partial charge is 0.306 e. The van der Waals surface area contributed by atoms with Crippen LogP contribution in [0.4, 0.5) is 0 Å².